The van der Waals surface area contributed by atoms with Crippen LogP contribution in [0, 0.1) is 11.7 Å². The number of hydrogen-bond acceptors (Lipinski definition) is 6. The first-order chi connectivity index (χ1) is 20.5. The highest BCUT2D eigenvalue weighted by atomic mass is 19.1. The number of carbonyl (C=O) groups excluding carboxylic acids is 4. The maximum atomic E-state index is 13.6. The van der Waals surface area contributed by atoms with Crippen LogP contribution in [0.2, 0.25) is 0 Å². The molecule has 1 atom stereocenters. The average molecular weight is 593 g/mol. The predicted octanol–water partition coefficient (Wildman–Crippen LogP) is 4.61. The Hall–Kier alpha value is -4.93. The maximum Gasteiger partial charge on any atom is 0.319 e. The van der Waals surface area contributed by atoms with Gasteiger partial charge in [-0.15, -0.1) is 0 Å². The number of para-hydroxylation sites is 1. The third-order valence-corrected chi connectivity index (χ3v) is 6.43. The molecule has 43 heavy (non-hydrogen) atoms. The topological polar surface area (TPSA) is 126 Å². The van der Waals surface area contributed by atoms with Gasteiger partial charge >= 0.3 is 12.0 Å². The first-order valence-electron chi connectivity index (χ1n) is 13.8. The number of carbonyl (C=O) groups is 4. The van der Waals surface area contributed by atoms with Gasteiger partial charge in [0.2, 0.25) is 5.91 Å². The van der Waals surface area contributed by atoms with Gasteiger partial charge in [-0.3, -0.25) is 14.4 Å². The standard InChI is InChI=1S/C32H37FN4O6/c1-21(2)15-27(36-29(38)19-34-32(41)35-24-11-7-9-22(16-24)17-31(40)42-4)26-13-5-6-14-28(26)43-20-30(39)37(3)25-12-8-10-23(33)18-25/h5-14,16,18,21,27H,15,17,19-20H2,1-4H3,(H,36,38)(H2,34,35,41). The largest absolute Gasteiger partial charge is 0.483 e. The van der Waals surface area contributed by atoms with Crippen LogP contribution in [0.4, 0.5) is 20.6 Å². The van der Waals surface area contributed by atoms with Crippen LogP contribution < -0.4 is 25.6 Å². The second-order valence-electron chi connectivity index (χ2n) is 10.3. The minimum Gasteiger partial charge on any atom is -0.483 e. The molecule has 0 aliphatic rings. The molecule has 3 N–H and O–H groups in total. The number of hydrogen-bond donors (Lipinski definition) is 3. The number of benzene rings is 3. The van der Waals surface area contributed by atoms with Crippen molar-refractivity contribution in [3.63, 3.8) is 0 Å². The summed E-state index contributed by atoms with van der Waals surface area (Å²) in [6, 6.07) is 18.5. The molecule has 0 aliphatic heterocycles. The van der Waals surface area contributed by atoms with Crippen LogP contribution in [0.5, 0.6) is 5.75 Å². The van der Waals surface area contributed by atoms with Gasteiger partial charge in [-0.2, -0.15) is 0 Å². The minimum atomic E-state index is -0.588. The van der Waals surface area contributed by atoms with Crippen LogP contribution in [0.1, 0.15) is 37.4 Å². The van der Waals surface area contributed by atoms with Crippen molar-refractivity contribution in [3.8, 4) is 5.75 Å². The number of nitrogens with one attached hydrogen (secondary N) is 3. The van der Waals surface area contributed by atoms with E-state index in [1.54, 1.807) is 42.5 Å². The number of nitrogens with zero attached hydrogens (tertiary/aromatic N) is 1. The van der Waals surface area contributed by atoms with E-state index < -0.39 is 29.8 Å². The lowest BCUT2D eigenvalue weighted by molar-refractivity contribution is -0.139. The van der Waals surface area contributed by atoms with Crippen molar-refractivity contribution in [2.24, 2.45) is 5.92 Å². The molecule has 228 valence electrons. The van der Waals surface area contributed by atoms with Gasteiger partial charge < -0.3 is 30.3 Å². The molecule has 0 fully saturated rings. The maximum absolute atomic E-state index is 13.6. The van der Waals surface area contributed by atoms with E-state index in [1.165, 1.54) is 37.3 Å². The fourth-order valence-electron chi connectivity index (χ4n) is 4.28. The van der Waals surface area contributed by atoms with Crippen LogP contribution in [0.25, 0.3) is 0 Å². The number of ether oxygens (including phenoxy) is 2. The number of methoxy groups -OCH3 is 1. The number of anilines is 2. The smallest absolute Gasteiger partial charge is 0.319 e. The third kappa shape index (κ3) is 10.4. The number of amides is 4. The van der Waals surface area contributed by atoms with E-state index in [-0.39, 0.29) is 31.4 Å². The average Bonchev–Trinajstić information content (AvgIpc) is 2.98. The third-order valence-electron chi connectivity index (χ3n) is 6.43. The molecule has 0 bridgehead atoms. The zero-order chi connectivity index (χ0) is 31.4. The van der Waals surface area contributed by atoms with Gasteiger partial charge in [-0.1, -0.05) is 50.2 Å². The summed E-state index contributed by atoms with van der Waals surface area (Å²) in [5, 5.41) is 8.14. The van der Waals surface area contributed by atoms with Crippen LogP contribution in [-0.2, 0) is 25.5 Å². The van der Waals surface area contributed by atoms with E-state index in [1.807, 2.05) is 26.0 Å². The normalized spacial score (nSPS) is 11.3. The number of urea groups is 1. The molecule has 0 saturated carbocycles. The van der Waals surface area contributed by atoms with Crippen LogP contribution >= 0.6 is 0 Å². The molecule has 0 spiro atoms. The van der Waals surface area contributed by atoms with E-state index in [4.69, 9.17) is 4.74 Å². The number of rotatable bonds is 13. The van der Waals surface area contributed by atoms with Gasteiger partial charge in [0.15, 0.2) is 6.61 Å². The molecule has 0 aromatic heterocycles. The molecular formula is C32H37FN4O6. The molecule has 3 rings (SSSR count). The lowest BCUT2D eigenvalue weighted by atomic mass is 9.96. The van der Waals surface area contributed by atoms with Gasteiger partial charge in [0, 0.05) is 24.0 Å². The van der Waals surface area contributed by atoms with Crippen LogP contribution in [-0.4, -0.2) is 51.1 Å². The van der Waals surface area contributed by atoms with Crippen molar-refractivity contribution in [2.45, 2.75) is 32.7 Å². The Kier molecular flexibility index (Phi) is 12.1. The van der Waals surface area contributed by atoms with E-state index in [9.17, 15) is 23.6 Å². The quantitative estimate of drug-likeness (QED) is 0.249. The fourth-order valence-corrected chi connectivity index (χ4v) is 4.28. The van der Waals surface area contributed by atoms with Crippen LogP contribution in [0.3, 0.4) is 0 Å². The number of halogens is 1. The molecule has 10 nitrogen and oxygen atoms in total. The van der Waals surface area contributed by atoms with Crippen molar-refractivity contribution in [2.75, 3.05) is 37.5 Å². The summed E-state index contributed by atoms with van der Waals surface area (Å²) in [6.45, 7) is 3.44. The highest BCUT2D eigenvalue weighted by Crippen LogP contribution is 2.30. The van der Waals surface area contributed by atoms with Gasteiger partial charge in [-0.05, 0) is 54.3 Å². The first kappa shape index (κ1) is 32.6. The minimum absolute atomic E-state index is 0.0658. The summed E-state index contributed by atoms with van der Waals surface area (Å²) < 4.78 is 24.2. The molecule has 4 amide bonds. The molecule has 11 heteroatoms. The molecule has 1 unspecified atom stereocenters. The first-order valence-corrected chi connectivity index (χ1v) is 13.8. The monoisotopic (exact) mass is 592 g/mol. The fraction of sp³-hybridized carbons (Fsp3) is 0.312. The molecular weight excluding hydrogens is 555 g/mol. The summed E-state index contributed by atoms with van der Waals surface area (Å²) in [7, 11) is 2.84. The second-order valence-corrected chi connectivity index (χ2v) is 10.3. The van der Waals surface area contributed by atoms with Gasteiger partial charge in [0.25, 0.3) is 5.91 Å². The molecule has 3 aromatic rings. The Morgan fingerprint density at radius 1 is 0.953 bits per heavy atom. The molecule has 0 aliphatic carbocycles. The highest BCUT2D eigenvalue weighted by molar-refractivity contribution is 5.94. The van der Waals surface area contributed by atoms with Crippen LogP contribution in [0.15, 0.2) is 72.8 Å². The summed E-state index contributed by atoms with van der Waals surface area (Å²) in [5.41, 5.74) is 2.21. The van der Waals surface area contributed by atoms with Gasteiger partial charge in [0.05, 0.1) is 26.1 Å². The zero-order valence-electron chi connectivity index (χ0n) is 24.7. The summed E-state index contributed by atoms with van der Waals surface area (Å²) >= 11 is 0. The van der Waals surface area contributed by atoms with E-state index in [0.29, 0.717) is 34.7 Å². The van der Waals surface area contributed by atoms with Crippen molar-refractivity contribution in [1.29, 1.82) is 0 Å². The Bertz CT molecular complexity index is 1430. The number of esters is 1. The molecule has 3 aromatic carbocycles. The molecule has 0 radical (unpaired) electrons. The summed E-state index contributed by atoms with van der Waals surface area (Å²) in [6.07, 6.45) is 0.638. The second kappa shape index (κ2) is 15.9. The molecule has 0 heterocycles. The molecule has 0 saturated heterocycles. The Balaban J connectivity index is 1.60. The van der Waals surface area contributed by atoms with Crippen molar-refractivity contribution < 1.29 is 33.0 Å². The zero-order valence-corrected chi connectivity index (χ0v) is 24.7. The summed E-state index contributed by atoms with van der Waals surface area (Å²) in [4.78, 5) is 50.9. The highest BCUT2D eigenvalue weighted by Gasteiger charge is 2.21. The van der Waals surface area contributed by atoms with E-state index in [2.05, 4.69) is 20.7 Å². The Labute approximate surface area is 250 Å². The predicted molar refractivity (Wildman–Crippen MR) is 161 cm³/mol. The lowest BCUT2D eigenvalue weighted by Crippen LogP contribution is -2.40. The van der Waals surface area contributed by atoms with Gasteiger partial charge in [0.1, 0.15) is 11.6 Å². The Morgan fingerprint density at radius 2 is 1.70 bits per heavy atom. The SMILES string of the molecule is COC(=O)Cc1cccc(NC(=O)NCC(=O)NC(CC(C)C)c2ccccc2OCC(=O)N(C)c2cccc(F)c2)c1. The van der Waals surface area contributed by atoms with Crippen molar-refractivity contribution >= 4 is 35.2 Å². The van der Waals surface area contributed by atoms with Crippen molar-refractivity contribution in [3.05, 3.63) is 89.7 Å². The van der Waals surface area contributed by atoms with E-state index in [0.717, 1.165) is 0 Å². The summed E-state index contributed by atoms with van der Waals surface area (Å²) in [5.74, 6) is -1.02. The lowest BCUT2D eigenvalue weighted by Gasteiger charge is -2.24. The van der Waals surface area contributed by atoms with E-state index >= 15 is 0 Å². The Morgan fingerprint density at radius 3 is 2.42 bits per heavy atom. The van der Waals surface area contributed by atoms with Crippen molar-refractivity contribution in [1.82, 2.24) is 10.6 Å². The number of likely N-dealkylation sites (N-methyl/N-ethyl adjacent to an activating group) is 1. The van der Waals surface area contributed by atoms with Gasteiger partial charge in [-0.25, -0.2) is 9.18 Å².